The van der Waals surface area contributed by atoms with Crippen molar-refractivity contribution in [2.45, 2.75) is 25.7 Å². The molecule has 0 aliphatic carbocycles. The van der Waals surface area contributed by atoms with Crippen LogP contribution in [0.4, 0.5) is 0 Å². The molecule has 0 aliphatic heterocycles. The Morgan fingerprint density at radius 2 is 1.88 bits per heavy atom. The monoisotopic (exact) mass is 259 g/mol. The summed E-state index contributed by atoms with van der Waals surface area (Å²) in [7, 11) is -3.75. The van der Waals surface area contributed by atoms with Gasteiger partial charge in [-0.3, -0.25) is 0 Å². The standard InChI is InChI=1S/C11H17NO2S2/c1-4-15(5-2)12-16(13,14)11-8-6-10(3)7-9-11/h4,6-9,12H,5H2,1-3H3. The Bertz CT molecular complexity index is 475. The molecule has 1 unspecified atom stereocenters. The fourth-order valence-electron chi connectivity index (χ4n) is 1.18. The summed E-state index contributed by atoms with van der Waals surface area (Å²) >= 11 is 0. The molecule has 1 rings (SSSR count). The van der Waals surface area contributed by atoms with Crippen molar-refractivity contribution in [3.05, 3.63) is 29.8 Å². The van der Waals surface area contributed by atoms with Crippen molar-refractivity contribution in [3.63, 3.8) is 0 Å². The van der Waals surface area contributed by atoms with E-state index in [0.29, 0.717) is 4.90 Å². The van der Waals surface area contributed by atoms with Crippen LogP contribution in [0.3, 0.4) is 0 Å². The first kappa shape index (κ1) is 13.4. The second-order valence-electron chi connectivity index (χ2n) is 3.35. The third-order valence-corrected chi connectivity index (χ3v) is 5.96. The van der Waals surface area contributed by atoms with Gasteiger partial charge in [0.1, 0.15) is 0 Å². The molecule has 0 saturated carbocycles. The molecule has 1 aromatic carbocycles. The van der Waals surface area contributed by atoms with E-state index in [1.807, 2.05) is 26.1 Å². The fraction of sp³-hybridized carbons (Fsp3) is 0.364. The van der Waals surface area contributed by atoms with E-state index in [9.17, 15) is 8.42 Å². The van der Waals surface area contributed by atoms with Gasteiger partial charge in [0, 0.05) is 0 Å². The van der Waals surface area contributed by atoms with E-state index in [4.69, 9.17) is 0 Å². The molecule has 1 aromatic rings. The maximum Gasteiger partial charge on any atom is 0.249 e. The third-order valence-electron chi connectivity index (χ3n) is 2.14. The molecule has 1 atom stereocenters. The van der Waals surface area contributed by atoms with Gasteiger partial charge in [0.15, 0.2) is 0 Å². The number of hydrogen-bond donors (Lipinski definition) is 1. The Labute approximate surface area is 100.0 Å². The molecule has 16 heavy (non-hydrogen) atoms. The van der Waals surface area contributed by atoms with Crippen LogP contribution < -0.4 is 4.13 Å². The normalized spacial score (nSPS) is 13.9. The van der Waals surface area contributed by atoms with Gasteiger partial charge in [0.2, 0.25) is 10.0 Å². The minimum atomic E-state index is -3.37. The summed E-state index contributed by atoms with van der Waals surface area (Å²) in [5.41, 5.74) is 1.05. The van der Waals surface area contributed by atoms with Gasteiger partial charge in [-0.15, -0.1) is 10.7 Å². The van der Waals surface area contributed by atoms with E-state index < -0.39 is 10.0 Å². The molecule has 0 saturated heterocycles. The number of sulfonamides is 1. The zero-order chi connectivity index (χ0) is 12.2. The smallest absolute Gasteiger partial charge is 0.206 e. The van der Waals surface area contributed by atoms with Crippen LogP contribution in [-0.2, 0) is 10.0 Å². The summed E-state index contributed by atoms with van der Waals surface area (Å²) in [5, 5.41) is 1.88. The quantitative estimate of drug-likeness (QED) is 0.843. The number of benzene rings is 1. The minimum Gasteiger partial charge on any atom is -0.206 e. The van der Waals surface area contributed by atoms with Gasteiger partial charge in [-0.25, -0.2) is 8.42 Å². The van der Waals surface area contributed by atoms with Crippen LogP contribution in [0, 0.1) is 6.92 Å². The van der Waals surface area contributed by atoms with Crippen molar-refractivity contribution in [2.24, 2.45) is 0 Å². The Hall–Kier alpha value is -0.650. The summed E-state index contributed by atoms with van der Waals surface area (Å²) in [5.74, 6) is 0.779. The van der Waals surface area contributed by atoms with E-state index in [0.717, 1.165) is 11.3 Å². The highest BCUT2D eigenvalue weighted by Gasteiger charge is 2.13. The van der Waals surface area contributed by atoms with Crippen molar-refractivity contribution in [1.82, 2.24) is 4.13 Å². The highest BCUT2D eigenvalue weighted by Crippen LogP contribution is 2.15. The first-order valence-electron chi connectivity index (χ1n) is 5.08. The maximum absolute atomic E-state index is 11.9. The van der Waals surface area contributed by atoms with Crippen LogP contribution in [-0.4, -0.2) is 19.5 Å². The Morgan fingerprint density at radius 3 is 2.31 bits per heavy atom. The van der Waals surface area contributed by atoms with Gasteiger partial charge in [-0.2, -0.15) is 4.13 Å². The van der Waals surface area contributed by atoms with Gasteiger partial charge in [-0.05, 0) is 37.1 Å². The molecule has 0 radical (unpaired) electrons. The van der Waals surface area contributed by atoms with E-state index in [-0.39, 0.29) is 10.7 Å². The number of rotatable bonds is 4. The van der Waals surface area contributed by atoms with Crippen molar-refractivity contribution in [2.75, 3.05) is 5.75 Å². The molecular weight excluding hydrogens is 242 g/mol. The summed E-state index contributed by atoms with van der Waals surface area (Å²) in [6.07, 6.45) is 0. The predicted octanol–water partition coefficient (Wildman–Crippen LogP) is 2.30. The Balaban J connectivity index is 2.99. The molecule has 90 valence electrons. The summed E-state index contributed by atoms with van der Waals surface area (Å²) in [6.45, 7) is 5.76. The van der Waals surface area contributed by atoms with E-state index in [1.165, 1.54) is 0 Å². The maximum atomic E-state index is 11.9. The zero-order valence-corrected chi connectivity index (χ0v) is 11.4. The highest BCUT2D eigenvalue weighted by molar-refractivity contribution is 8.20. The average molecular weight is 259 g/mol. The molecule has 3 nitrogen and oxygen atoms in total. The van der Waals surface area contributed by atoms with Crippen molar-refractivity contribution in [3.8, 4) is 0 Å². The van der Waals surface area contributed by atoms with Crippen LogP contribution in [0.1, 0.15) is 19.4 Å². The van der Waals surface area contributed by atoms with Gasteiger partial charge >= 0.3 is 0 Å². The molecule has 5 heteroatoms. The summed E-state index contributed by atoms with van der Waals surface area (Å²) < 4.78 is 26.6. The van der Waals surface area contributed by atoms with Crippen molar-refractivity contribution in [1.29, 1.82) is 0 Å². The molecule has 0 aromatic heterocycles. The van der Waals surface area contributed by atoms with Crippen molar-refractivity contribution < 1.29 is 8.42 Å². The molecule has 0 bridgehead atoms. The molecule has 0 spiro atoms. The third kappa shape index (κ3) is 3.43. The van der Waals surface area contributed by atoms with Gasteiger partial charge in [-0.1, -0.05) is 24.6 Å². The molecule has 0 fully saturated rings. The molecule has 0 aliphatic rings. The van der Waals surface area contributed by atoms with Gasteiger partial charge in [0.05, 0.1) is 4.90 Å². The van der Waals surface area contributed by atoms with Crippen LogP contribution >= 0.6 is 10.7 Å². The zero-order valence-electron chi connectivity index (χ0n) is 9.73. The lowest BCUT2D eigenvalue weighted by Crippen LogP contribution is -2.19. The van der Waals surface area contributed by atoms with Crippen LogP contribution in [0.5, 0.6) is 0 Å². The Morgan fingerprint density at radius 1 is 1.31 bits per heavy atom. The van der Waals surface area contributed by atoms with E-state index in [2.05, 4.69) is 4.13 Å². The fourth-order valence-corrected chi connectivity index (χ4v) is 4.38. The van der Waals surface area contributed by atoms with Gasteiger partial charge in [0.25, 0.3) is 0 Å². The molecule has 0 amide bonds. The van der Waals surface area contributed by atoms with Gasteiger partial charge < -0.3 is 0 Å². The lowest BCUT2D eigenvalue weighted by molar-refractivity contribution is 0.594. The first-order valence-corrected chi connectivity index (χ1v) is 8.02. The first-order chi connectivity index (χ1) is 7.49. The lowest BCUT2D eigenvalue weighted by atomic mass is 10.2. The second kappa shape index (κ2) is 5.61. The SMILES string of the molecule is CC=S(CC)NS(=O)(=O)c1ccc(C)cc1. The molecular formula is C11H17NO2S2. The topological polar surface area (TPSA) is 46.2 Å². The summed E-state index contributed by atoms with van der Waals surface area (Å²) in [4.78, 5) is 0.325. The lowest BCUT2D eigenvalue weighted by Gasteiger charge is -2.09. The number of nitrogens with one attached hydrogen (secondary N) is 1. The van der Waals surface area contributed by atoms with Crippen LogP contribution in [0.2, 0.25) is 0 Å². The molecule has 0 heterocycles. The Kier molecular flexibility index (Phi) is 4.70. The van der Waals surface area contributed by atoms with Crippen LogP contribution in [0.15, 0.2) is 29.2 Å². The second-order valence-corrected chi connectivity index (χ2v) is 7.40. The predicted molar refractivity (Wildman–Crippen MR) is 71.4 cm³/mol. The minimum absolute atomic E-state index is 0.325. The number of hydrogen-bond acceptors (Lipinski definition) is 2. The molecule has 1 N–H and O–H groups in total. The van der Waals surface area contributed by atoms with Crippen molar-refractivity contribution >= 4 is 26.1 Å². The van der Waals surface area contributed by atoms with E-state index in [1.54, 1.807) is 24.3 Å². The van der Waals surface area contributed by atoms with Crippen LogP contribution in [0.25, 0.3) is 0 Å². The largest absolute Gasteiger partial charge is 0.249 e. The van der Waals surface area contributed by atoms with E-state index >= 15 is 0 Å². The average Bonchev–Trinajstić information content (AvgIpc) is 2.26. The highest BCUT2D eigenvalue weighted by atomic mass is 32.3. The summed E-state index contributed by atoms with van der Waals surface area (Å²) in [6, 6.07) is 6.86. The number of aryl methyl sites for hydroxylation is 1.